The van der Waals surface area contributed by atoms with E-state index in [2.05, 4.69) is 6.92 Å². The highest BCUT2D eigenvalue weighted by Gasteiger charge is 2.42. The molecule has 0 bridgehead atoms. The third-order valence-corrected chi connectivity index (χ3v) is 6.56. The van der Waals surface area contributed by atoms with Gasteiger partial charge in [-0.1, -0.05) is 31.9 Å². The first-order chi connectivity index (χ1) is 16.3. The lowest BCUT2D eigenvalue weighted by atomic mass is 9.97. The molecule has 0 radical (unpaired) electrons. The number of benzene rings is 2. The van der Waals surface area contributed by atoms with Crippen LogP contribution >= 0.6 is 0 Å². The number of hydrogen-bond acceptors (Lipinski definition) is 5. The average Bonchev–Trinajstić information content (AvgIpc) is 3.09. The van der Waals surface area contributed by atoms with Crippen LogP contribution in [0.15, 0.2) is 45.6 Å². The van der Waals surface area contributed by atoms with Gasteiger partial charge in [0.1, 0.15) is 11.3 Å². The van der Waals surface area contributed by atoms with E-state index in [1.807, 2.05) is 69.2 Å². The fraction of sp³-hybridized carbons (Fsp3) is 0.429. The summed E-state index contributed by atoms with van der Waals surface area (Å²) in [6.45, 7) is 7.92. The normalized spacial score (nSPS) is 15.4. The molecule has 6 nitrogen and oxygen atoms in total. The number of aryl methyl sites for hydroxylation is 2. The molecule has 0 saturated heterocycles. The molecule has 0 saturated carbocycles. The third kappa shape index (κ3) is 4.60. The van der Waals surface area contributed by atoms with Crippen LogP contribution in [0, 0.1) is 13.8 Å². The Hall–Kier alpha value is -3.12. The minimum Gasteiger partial charge on any atom is -0.494 e. The highest BCUT2D eigenvalue weighted by molar-refractivity contribution is 5.99. The van der Waals surface area contributed by atoms with E-state index in [4.69, 9.17) is 9.15 Å². The summed E-state index contributed by atoms with van der Waals surface area (Å²) in [5.41, 5.74) is 3.64. The van der Waals surface area contributed by atoms with Crippen molar-refractivity contribution in [1.29, 1.82) is 0 Å². The lowest BCUT2D eigenvalue weighted by Crippen LogP contribution is -2.35. The smallest absolute Gasteiger partial charge is 0.290 e. The number of carbonyl (C=O) groups is 1. The second kappa shape index (κ2) is 10.0. The second-order valence-corrected chi connectivity index (χ2v) is 9.44. The summed E-state index contributed by atoms with van der Waals surface area (Å²) in [7, 11) is 3.94. The van der Waals surface area contributed by atoms with Crippen molar-refractivity contribution in [1.82, 2.24) is 9.80 Å². The molecule has 34 heavy (non-hydrogen) atoms. The number of likely N-dealkylation sites (N-methyl/N-ethyl adjacent to an activating group) is 1. The summed E-state index contributed by atoms with van der Waals surface area (Å²) >= 11 is 0. The summed E-state index contributed by atoms with van der Waals surface area (Å²) < 4.78 is 12.1. The molecule has 180 valence electrons. The Balaban J connectivity index is 1.82. The van der Waals surface area contributed by atoms with Gasteiger partial charge < -0.3 is 19.0 Å². The Kier molecular flexibility index (Phi) is 7.08. The van der Waals surface area contributed by atoms with E-state index >= 15 is 0 Å². The molecule has 0 fully saturated rings. The minimum atomic E-state index is -0.510. The number of ether oxygens (including phenoxy) is 1. The molecule has 1 unspecified atom stereocenters. The maximum absolute atomic E-state index is 13.7. The molecule has 0 spiro atoms. The monoisotopic (exact) mass is 462 g/mol. The molecule has 2 heterocycles. The van der Waals surface area contributed by atoms with Gasteiger partial charge in [0, 0.05) is 13.1 Å². The first-order valence-corrected chi connectivity index (χ1v) is 12.1. The minimum absolute atomic E-state index is 0.140. The molecule has 0 N–H and O–H groups in total. The van der Waals surface area contributed by atoms with Crippen LogP contribution < -0.4 is 10.2 Å². The summed E-state index contributed by atoms with van der Waals surface area (Å²) in [5, 5.41) is 0.515. The van der Waals surface area contributed by atoms with Gasteiger partial charge in [0.25, 0.3) is 5.91 Å². The van der Waals surface area contributed by atoms with Crippen molar-refractivity contribution in [3.63, 3.8) is 0 Å². The van der Waals surface area contributed by atoms with Crippen molar-refractivity contribution in [2.24, 2.45) is 0 Å². The largest absolute Gasteiger partial charge is 0.494 e. The van der Waals surface area contributed by atoms with Gasteiger partial charge in [0.15, 0.2) is 5.43 Å². The van der Waals surface area contributed by atoms with E-state index in [1.165, 1.54) is 0 Å². The summed E-state index contributed by atoms with van der Waals surface area (Å²) in [5.74, 6) is 0.658. The van der Waals surface area contributed by atoms with E-state index in [-0.39, 0.29) is 17.1 Å². The van der Waals surface area contributed by atoms with Crippen LogP contribution in [0.1, 0.15) is 65.0 Å². The number of carbonyl (C=O) groups excluding carboxylic acids is 1. The van der Waals surface area contributed by atoms with Gasteiger partial charge in [-0.15, -0.1) is 0 Å². The van der Waals surface area contributed by atoms with Crippen molar-refractivity contribution in [2.75, 3.05) is 33.8 Å². The van der Waals surface area contributed by atoms with Crippen molar-refractivity contribution < 1.29 is 13.9 Å². The summed E-state index contributed by atoms with van der Waals surface area (Å²) in [4.78, 5) is 31.0. The lowest BCUT2D eigenvalue weighted by Gasteiger charge is -2.26. The number of fused-ring (bicyclic) bond motifs is 2. The van der Waals surface area contributed by atoms with E-state index in [9.17, 15) is 9.59 Å². The molecule has 3 aromatic rings. The number of nitrogens with zero attached hydrogens (tertiary/aromatic N) is 2. The first-order valence-electron chi connectivity index (χ1n) is 12.1. The van der Waals surface area contributed by atoms with E-state index < -0.39 is 6.04 Å². The molecule has 1 aliphatic rings. The van der Waals surface area contributed by atoms with Crippen molar-refractivity contribution >= 4 is 16.9 Å². The molecular formula is C28H34N2O4. The fourth-order valence-corrected chi connectivity index (χ4v) is 4.48. The zero-order valence-corrected chi connectivity index (χ0v) is 20.8. The van der Waals surface area contributed by atoms with Crippen LogP contribution in [0.4, 0.5) is 0 Å². The van der Waals surface area contributed by atoms with E-state index in [0.29, 0.717) is 36.2 Å². The zero-order valence-electron chi connectivity index (χ0n) is 20.8. The quantitative estimate of drug-likeness (QED) is 0.415. The van der Waals surface area contributed by atoms with Crippen LogP contribution in [0.25, 0.3) is 11.0 Å². The van der Waals surface area contributed by atoms with Gasteiger partial charge in [-0.05, 0) is 75.3 Å². The molecule has 4 rings (SSSR count). The molecule has 1 amide bonds. The second-order valence-electron chi connectivity index (χ2n) is 9.44. The lowest BCUT2D eigenvalue weighted by molar-refractivity contribution is 0.0716. The van der Waals surface area contributed by atoms with Crippen LogP contribution in [0.2, 0.25) is 0 Å². The van der Waals surface area contributed by atoms with Crippen LogP contribution in [-0.4, -0.2) is 49.5 Å². The molecule has 6 heteroatoms. The molecule has 1 atom stereocenters. The zero-order chi connectivity index (χ0) is 24.4. The Bertz CT molecular complexity index is 1260. The Morgan fingerprint density at radius 3 is 2.56 bits per heavy atom. The van der Waals surface area contributed by atoms with Gasteiger partial charge >= 0.3 is 0 Å². The molecular weight excluding hydrogens is 428 g/mol. The van der Waals surface area contributed by atoms with Gasteiger partial charge in [-0.25, -0.2) is 0 Å². The molecule has 2 aromatic carbocycles. The van der Waals surface area contributed by atoms with E-state index in [0.717, 1.165) is 41.7 Å². The topological polar surface area (TPSA) is 63.0 Å². The molecule has 1 aliphatic heterocycles. The van der Waals surface area contributed by atoms with Crippen molar-refractivity contribution in [3.8, 4) is 5.75 Å². The van der Waals surface area contributed by atoms with Gasteiger partial charge in [-0.2, -0.15) is 0 Å². The summed E-state index contributed by atoms with van der Waals surface area (Å²) in [6.07, 6.45) is 3.25. The predicted octanol–water partition coefficient (Wildman–Crippen LogP) is 5.09. The SMILES string of the molecule is CCCCCOc1cccc(C2c3c(oc4cc(C)c(C)cc4c3=O)C(=O)N2CCN(C)C)c1. The third-order valence-electron chi connectivity index (χ3n) is 6.56. The average molecular weight is 463 g/mol. The number of rotatable bonds is 9. The highest BCUT2D eigenvalue weighted by atomic mass is 16.5. The maximum atomic E-state index is 13.7. The maximum Gasteiger partial charge on any atom is 0.290 e. The Labute approximate surface area is 201 Å². The van der Waals surface area contributed by atoms with Gasteiger partial charge in [0.05, 0.1) is 23.6 Å². The standard InChI is InChI=1S/C28H34N2O4/c1-6-7-8-14-33-21-11-9-10-20(17-21)25-24-26(31)22-15-18(2)19(3)16-23(22)34-27(24)28(32)30(25)13-12-29(4)5/h9-11,15-17,25H,6-8,12-14H2,1-5H3. The molecule has 1 aromatic heterocycles. The molecule has 0 aliphatic carbocycles. The van der Waals surface area contributed by atoms with E-state index in [1.54, 1.807) is 4.90 Å². The van der Waals surface area contributed by atoms with Crippen LogP contribution in [0.3, 0.4) is 0 Å². The number of unbranched alkanes of at least 4 members (excludes halogenated alkanes) is 2. The predicted molar refractivity (Wildman–Crippen MR) is 135 cm³/mol. The van der Waals surface area contributed by atoms with Crippen LogP contribution in [0.5, 0.6) is 5.75 Å². The Morgan fingerprint density at radius 2 is 1.82 bits per heavy atom. The van der Waals surface area contributed by atoms with Crippen molar-refractivity contribution in [2.45, 2.75) is 46.1 Å². The fourth-order valence-electron chi connectivity index (χ4n) is 4.48. The van der Waals surface area contributed by atoms with Crippen molar-refractivity contribution in [3.05, 3.63) is 74.6 Å². The van der Waals surface area contributed by atoms with Gasteiger partial charge in [0.2, 0.25) is 5.76 Å². The summed E-state index contributed by atoms with van der Waals surface area (Å²) in [6, 6.07) is 11.0. The van der Waals surface area contributed by atoms with Crippen LogP contribution in [-0.2, 0) is 0 Å². The van der Waals surface area contributed by atoms with Gasteiger partial charge in [-0.3, -0.25) is 9.59 Å². The number of amides is 1. The number of hydrogen-bond donors (Lipinski definition) is 0. The Morgan fingerprint density at radius 1 is 1.06 bits per heavy atom. The first kappa shape index (κ1) is 24.0. The highest BCUT2D eigenvalue weighted by Crippen LogP contribution is 2.39.